The van der Waals surface area contributed by atoms with E-state index in [0.29, 0.717) is 25.1 Å². The Morgan fingerprint density at radius 2 is 1.86 bits per heavy atom. The van der Waals surface area contributed by atoms with Crippen LogP contribution in [-0.2, 0) is 4.79 Å². The first kappa shape index (κ1) is 18.7. The average molecular weight is 381 g/mol. The maximum atomic E-state index is 13.2. The highest BCUT2D eigenvalue weighted by Crippen LogP contribution is 2.32. The predicted octanol–water partition coefficient (Wildman–Crippen LogP) is 1.64. The summed E-state index contributed by atoms with van der Waals surface area (Å²) < 4.78 is 1.91. The first-order valence-electron chi connectivity index (χ1n) is 9.81. The zero-order chi connectivity index (χ0) is 19.7. The highest BCUT2D eigenvalue weighted by atomic mass is 16.2. The van der Waals surface area contributed by atoms with Gasteiger partial charge in [-0.25, -0.2) is 4.98 Å². The molecule has 2 saturated heterocycles. The molecule has 0 saturated carbocycles. The molecule has 0 aliphatic carbocycles. The summed E-state index contributed by atoms with van der Waals surface area (Å²) in [6, 6.07) is 7.65. The quantitative estimate of drug-likeness (QED) is 0.794. The number of rotatable bonds is 2. The Kier molecular flexibility index (Phi) is 4.93. The number of hydrogen-bond acceptors (Lipinski definition) is 4. The summed E-state index contributed by atoms with van der Waals surface area (Å²) in [5, 5.41) is 0. The van der Waals surface area contributed by atoms with Gasteiger partial charge in [0.05, 0.1) is 6.33 Å². The number of piperazine rings is 1. The van der Waals surface area contributed by atoms with Crippen molar-refractivity contribution in [3.8, 4) is 5.69 Å². The lowest BCUT2D eigenvalue weighted by Gasteiger charge is -2.49. The highest BCUT2D eigenvalue weighted by molar-refractivity contribution is 5.94. The normalized spacial score (nSPS) is 23.9. The van der Waals surface area contributed by atoms with Crippen molar-refractivity contribution in [2.75, 3.05) is 40.3 Å². The summed E-state index contributed by atoms with van der Waals surface area (Å²) in [6.07, 6.45) is 7.60. The molecule has 1 aromatic carbocycles. The molecule has 0 bridgehead atoms. The third kappa shape index (κ3) is 3.42. The van der Waals surface area contributed by atoms with Crippen molar-refractivity contribution in [2.45, 2.75) is 24.8 Å². The van der Waals surface area contributed by atoms with Crippen LogP contribution in [0.25, 0.3) is 5.69 Å². The van der Waals surface area contributed by atoms with Crippen LogP contribution in [0, 0.1) is 0 Å². The van der Waals surface area contributed by atoms with Crippen molar-refractivity contribution < 1.29 is 9.59 Å². The summed E-state index contributed by atoms with van der Waals surface area (Å²) in [5.41, 5.74) is 1.56. The SMILES string of the molecule is CN1CCC2(CCC1=O)CN(C(=O)c1ccc(-n3ccnc3)cc1)CCN2C. The van der Waals surface area contributed by atoms with E-state index in [-0.39, 0.29) is 17.4 Å². The largest absolute Gasteiger partial charge is 0.346 e. The Bertz CT molecular complexity index is 848. The molecular weight excluding hydrogens is 354 g/mol. The fourth-order valence-corrected chi connectivity index (χ4v) is 4.30. The molecular formula is C21H27N5O2. The van der Waals surface area contributed by atoms with Gasteiger partial charge in [0, 0.05) is 68.8 Å². The molecule has 2 amide bonds. The number of nitrogens with zero attached hydrogens (tertiary/aromatic N) is 5. The fourth-order valence-electron chi connectivity index (χ4n) is 4.30. The lowest BCUT2D eigenvalue weighted by atomic mass is 9.86. The summed E-state index contributed by atoms with van der Waals surface area (Å²) >= 11 is 0. The molecule has 4 rings (SSSR count). The zero-order valence-electron chi connectivity index (χ0n) is 16.5. The van der Waals surface area contributed by atoms with E-state index in [0.717, 1.165) is 31.6 Å². The second-order valence-corrected chi connectivity index (χ2v) is 7.95. The minimum absolute atomic E-state index is 0.0635. The Balaban J connectivity index is 1.51. The molecule has 148 valence electrons. The van der Waals surface area contributed by atoms with Crippen LogP contribution in [0.15, 0.2) is 43.0 Å². The van der Waals surface area contributed by atoms with Gasteiger partial charge in [-0.2, -0.15) is 0 Å². The molecule has 1 atom stereocenters. The summed E-state index contributed by atoms with van der Waals surface area (Å²) in [5.74, 6) is 0.261. The Morgan fingerprint density at radius 1 is 1.07 bits per heavy atom. The first-order valence-corrected chi connectivity index (χ1v) is 9.81. The molecule has 1 aromatic heterocycles. The number of hydrogen-bond donors (Lipinski definition) is 0. The minimum Gasteiger partial charge on any atom is -0.346 e. The van der Waals surface area contributed by atoms with Gasteiger partial charge < -0.3 is 14.4 Å². The number of aromatic nitrogens is 2. The van der Waals surface area contributed by atoms with Crippen LogP contribution in [0.3, 0.4) is 0 Å². The molecule has 1 unspecified atom stereocenters. The number of benzene rings is 1. The van der Waals surface area contributed by atoms with E-state index in [4.69, 9.17) is 0 Å². The van der Waals surface area contributed by atoms with Crippen LogP contribution in [0.2, 0.25) is 0 Å². The molecule has 2 aromatic rings. The van der Waals surface area contributed by atoms with E-state index < -0.39 is 0 Å². The van der Waals surface area contributed by atoms with Crippen LogP contribution in [-0.4, -0.2) is 81.9 Å². The van der Waals surface area contributed by atoms with Gasteiger partial charge >= 0.3 is 0 Å². The Hall–Kier alpha value is -2.67. The Labute approximate surface area is 165 Å². The third-order valence-corrected chi connectivity index (χ3v) is 6.35. The molecule has 0 radical (unpaired) electrons. The monoisotopic (exact) mass is 381 g/mol. The van der Waals surface area contributed by atoms with Crippen LogP contribution in [0.4, 0.5) is 0 Å². The van der Waals surface area contributed by atoms with Crippen LogP contribution >= 0.6 is 0 Å². The number of likely N-dealkylation sites (N-methyl/N-ethyl adjacent to an activating group) is 1. The molecule has 3 heterocycles. The topological polar surface area (TPSA) is 61.7 Å². The van der Waals surface area contributed by atoms with Gasteiger partial charge in [-0.3, -0.25) is 14.5 Å². The summed E-state index contributed by atoms with van der Waals surface area (Å²) in [6.45, 7) is 2.96. The Morgan fingerprint density at radius 3 is 2.57 bits per heavy atom. The first-order chi connectivity index (χ1) is 13.5. The van der Waals surface area contributed by atoms with Crippen molar-refractivity contribution in [1.82, 2.24) is 24.3 Å². The average Bonchev–Trinajstić information content (AvgIpc) is 3.22. The van der Waals surface area contributed by atoms with E-state index >= 15 is 0 Å². The molecule has 1 spiro atoms. The molecule has 2 fully saturated rings. The van der Waals surface area contributed by atoms with Gasteiger partial charge in [0.2, 0.25) is 5.91 Å². The molecule has 2 aliphatic rings. The molecule has 0 N–H and O–H groups in total. The lowest BCUT2D eigenvalue weighted by molar-refractivity contribution is -0.129. The van der Waals surface area contributed by atoms with Crippen LogP contribution in [0.5, 0.6) is 0 Å². The number of carbonyl (C=O) groups excluding carboxylic acids is 2. The van der Waals surface area contributed by atoms with Gasteiger partial charge in [-0.1, -0.05) is 0 Å². The standard InChI is InChI=1S/C21H27N5O2/c1-23-11-9-21(8-7-19(23)27)15-25(14-13-24(21)2)20(28)17-3-5-18(6-4-17)26-12-10-22-16-26/h3-6,10,12,16H,7-9,11,13-15H2,1-2H3. The zero-order valence-corrected chi connectivity index (χ0v) is 16.5. The van der Waals surface area contributed by atoms with E-state index in [9.17, 15) is 9.59 Å². The maximum absolute atomic E-state index is 13.2. The van der Waals surface area contributed by atoms with Crippen LogP contribution < -0.4 is 0 Å². The van der Waals surface area contributed by atoms with Crippen molar-refractivity contribution in [3.63, 3.8) is 0 Å². The number of likely N-dealkylation sites (tertiary alicyclic amines) is 1. The number of carbonyl (C=O) groups is 2. The van der Waals surface area contributed by atoms with Gasteiger partial charge in [0.1, 0.15) is 0 Å². The number of imidazole rings is 1. The summed E-state index contributed by atoms with van der Waals surface area (Å²) in [4.78, 5) is 35.5. The molecule has 7 heteroatoms. The van der Waals surface area contributed by atoms with Gasteiger partial charge in [0.15, 0.2) is 0 Å². The molecule has 28 heavy (non-hydrogen) atoms. The second kappa shape index (κ2) is 7.39. The second-order valence-electron chi connectivity index (χ2n) is 7.95. The van der Waals surface area contributed by atoms with Crippen molar-refractivity contribution in [2.24, 2.45) is 0 Å². The fraction of sp³-hybridized carbons (Fsp3) is 0.476. The van der Waals surface area contributed by atoms with Crippen molar-refractivity contribution in [3.05, 3.63) is 48.5 Å². The van der Waals surface area contributed by atoms with E-state index in [1.807, 2.05) is 51.9 Å². The summed E-state index contributed by atoms with van der Waals surface area (Å²) in [7, 11) is 3.99. The minimum atomic E-state index is -0.120. The van der Waals surface area contributed by atoms with Crippen molar-refractivity contribution in [1.29, 1.82) is 0 Å². The van der Waals surface area contributed by atoms with Gasteiger partial charge in [-0.15, -0.1) is 0 Å². The number of amides is 2. The van der Waals surface area contributed by atoms with E-state index in [1.54, 1.807) is 12.5 Å². The van der Waals surface area contributed by atoms with Gasteiger partial charge in [0.25, 0.3) is 5.91 Å². The van der Waals surface area contributed by atoms with Crippen LogP contribution in [0.1, 0.15) is 29.6 Å². The van der Waals surface area contributed by atoms with Crippen molar-refractivity contribution >= 4 is 11.8 Å². The lowest BCUT2D eigenvalue weighted by Crippen LogP contribution is -2.62. The smallest absolute Gasteiger partial charge is 0.253 e. The predicted molar refractivity (Wildman–Crippen MR) is 106 cm³/mol. The van der Waals surface area contributed by atoms with Gasteiger partial charge in [-0.05, 0) is 44.2 Å². The third-order valence-electron chi connectivity index (χ3n) is 6.35. The highest BCUT2D eigenvalue weighted by Gasteiger charge is 2.43. The molecule has 2 aliphatic heterocycles. The maximum Gasteiger partial charge on any atom is 0.253 e. The van der Waals surface area contributed by atoms with E-state index in [2.05, 4.69) is 16.9 Å². The van der Waals surface area contributed by atoms with E-state index in [1.165, 1.54) is 0 Å². The molecule has 7 nitrogen and oxygen atoms in total.